The van der Waals surface area contributed by atoms with Crippen LogP contribution in [0, 0.1) is 11.3 Å². The lowest BCUT2D eigenvalue weighted by molar-refractivity contribution is 0.235. The van der Waals surface area contributed by atoms with Crippen molar-refractivity contribution in [3.8, 4) is 0 Å². The first-order valence-corrected chi connectivity index (χ1v) is 6.15. The first-order chi connectivity index (χ1) is 6.93. The summed E-state index contributed by atoms with van der Waals surface area (Å²) in [5, 5.41) is 3.43. The third kappa shape index (κ3) is 3.65. The molecule has 1 heterocycles. The van der Waals surface area contributed by atoms with Crippen molar-refractivity contribution in [1.29, 1.82) is 0 Å². The van der Waals surface area contributed by atoms with Crippen LogP contribution < -0.4 is 5.32 Å². The van der Waals surface area contributed by atoms with Crippen molar-refractivity contribution in [1.82, 2.24) is 5.32 Å². The molecule has 0 spiro atoms. The van der Waals surface area contributed by atoms with E-state index in [-0.39, 0.29) is 0 Å². The van der Waals surface area contributed by atoms with Gasteiger partial charge in [-0.1, -0.05) is 27.7 Å². The Balaban J connectivity index is 2.37. The minimum Gasteiger partial charge on any atom is -0.467 e. The van der Waals surface area contributed by atoms with Gasteiger partial charge in [-0.2, -0.15) is 0 Å². The van der Waals surface area contributed by atoms with Crippen LogP contribution in [-0.4, -0.2) is 6.54 Å². The Bertz CT molecular complexity index is 304. The molecule has 0 aromatic carbocycles. The van der Waals surface area contributed by atoms with Crippen LogP contribution in [-0.2, 0) is 6.54 Å². The van der Waals surface area contributed by atoms with Gasteiger partial charge in [-0.25, -0.2) is 0 Å². The van der Waals surface area contributed by atoms with Crippen molar-refractivity contribution in [2.75, 3.05) is 6.54 Å². The minimum absolute atomic E-state index is 0.319. The van der Waals surface area contributed by atoms with Crippen molar-refractivity contribution < 1.29 is 4.42 Å². The molecule has 1 aromatic rings. The van der Waals surface area contributed by atoms with E-state index in [4.69, 9.17) is 4.42 Å². The highest BCUT2D eigenvalue weighted by Gasteiger charge is 2.21. The average Bonchev–Trinajstić information content (AvgIpc) is 2.51. The molecule has 1 rings (SSSR count). The van der Waals surface area contributed by atoms with E-state index in [1.165, 1.54) is 0 Å². The van der Waals surface area contributed by atoms with Crippen LogP contribution >= 0.6 is 15.9 Å². The van der Waals surface area contributed by atoms with Crippen LogP contribution in [0.15, 0.2) is 21.2 Å². The molecule has 1 N–H and O–H groups in total. The van der Waals surface area contributed by atoms with Gasteiger partial charge in [0.15, 0.2) is 0 Å². The Labute approximate surface area is 101 Å². The molecule has 0 unspecified atom stereocenters. The van der Waals surface area contributed by atoms with Gasteiger partial charge in [0.25, 0.3) is 0 Å². The summed E-state index contributed by atoms with van der Waals surface area (Å²) in [6, 6.07) is 1.92. The summed E-state index contributed by atoms with van der Waals surface area (Å²) in [6.45, 7) is 10.8. The molecule has 3 heteroatoms. The van der Waals surface area contributed by atoms with Crippen LogP contribution in [0.3, 0.4) is 0 Å². The van der Waals surface area contributed by atoms with Crippen LogP contribution in [0.5, 0.6) is 0 Å². The molecule has 0 aliphatic carbocycles. The fraction of sp³-hybridized carbons (Fsp3) is 0.667. The van der Waals surface area contributed by atoms with Crippen molar-refractivity contribution in [3.05, 3.63) is 22.6 Å². The van der Waals surface area contributed by atoms with E-state index in [1.807, 2.05) is 6.07 Å². The predicted octanol–water partition coefficient (Wildman–Crippen LogP) is 3.81. The van der Waals surface area contributed by atoms with E-state index in [0.29, 0.717) is 11.3 Å². The maximum absolute atomic E-state index is 5.33. The maximum Gasteiger partial charge on any atom is 0.131 e. The third-order valence-electron chi connectivity index (χ3n) is 3.12. The van der Waals surface area contributed by atoms with E-state index < -0.39 is 0 Å². The van der Waals surface area contributed by atoms with E-state index in [0.717, 1.165) is 23.3 Å². The molecule has 0 saturated heterocycles. The fourth-order valence-electron chi connectivity index (χ4n) is 1.15. The third-order valence-corrected chi connectivity index (χ3v) is 3.83. The Morgan fingerprint density at radius 3 is 2.60 bits per heavy atom. The van der Waals surface area contributed by atoms with Gasteiger partial charge in [0, 0.05) is 6.54 Å². The molecule has 0 aliphatic heterocycles. The summed E-state index contributed by atoms with van der Waals surface area (Å²) in [7, 11) is 0. The molecule has 1 aromatic heterocycles. The zero-order chi connectivity index (χ0) is 11.5. The zero-order valence-corrected chi connectivity index (χ0v) is 11.5. The van der Waals surface area contributed by atoms with Crippen LogP contribution in [0.2, 0.25) is 0 Å². The molecule has 2 nitrogen and oxygen atoms in total. The molecule has 0 amide bonds. The van der Waals surface area contributed by atoms with Crippen molar-refractivity contribution in [3.63, 3.8) is 0 Å². The Hall–Kier alpha value is -0.280. The van der Waals surface area contributed by atoms with Gasteiger partial charge in [0.2, 0.25) is 0 Å². The van der Waals surface area contributed by atoms with Gasteiger partial charge in [0.1, 0.15) is 5.76 Å². The number of rotatable bonds is 5. The summed E-state index contributed by atoms with van der Waals surface area (Å²) < 4.78 is 6.37. The minimum atomic E-state index is 0.319. The summed E-state index contributed by atoms with van der Waals surface area (Å²) in [5.74, 6) is 1.64. The second kappa shape index (κ2) is 5.17. The lowest BCUT2D eigenvalue weighted by Gasteiger charge is -2.29. The molecular weight excluding hydrogens is 254 g/mol. The quantitative estimate of drug-likeness (QED) is 0.883. The highest BCUT2D eigenvalue weighted by Crippen LogP contribution is 2.25. The van der Waals surface area contributed by atoms with Crippen molar-refractivity contribution >= 4 is 15.9 Å². The molecule has 0 saturated carbocycles. The molecule has 0 bridgehead atoms. The van der Waals surface area contributed by atoms with Crippen LogP contribution in [0.4, 0.5) is 0 Å². The topological polar surface area (TPSA) is 25.2 Å². The van der Waals surface area contributed by atoms with Gasteiger partial charge in [-0.05, 0) is 33.3 Å². The van der Waals surface area contributed by atoms with E-state index in [2.05, 4.69) is 48.9 Å². The molecule has 0 atom stereocenters. The van der Waals surface area contributed by atoms with Gasteiger partial charge < -0.3 is 9.73 Å². The SMILES string of the molecule is CC(C)C(C)(C)CNCc1occc1Br. The number of hydrogen-bond donors (Lipinski definition) is 1. The number of hydrogen-bond acceptors (Lipinski definition) is 2. The number of nitrogens with one attached hydrogen (secondary N) is 1. The molecule has 0 fully saturated rings. The van der Waals surface area contributed by atoms with Crippen LogP contribution in [0.25, 0.3) is 0 Å². The standard InChI is InChI=1S/C12H20BrNO/c1-9(2)12(3,4)8-14-7-11-10(13)5-6-15-11/h5-6,9,14H,7-8H2,1-4H3. The zero-order valence-electron chi connectivity index (χ0n) is 9.93. The monoisotopic (exact) mass is 273 g/mol. The average molecular weight is 274 g/mol. The van der Waals surface area contributed by atoms with Crippen LogP contribution in [0.1, 0.15) is 33.5 Å². The highest BCUT2D eigenvalue weighted by molar-refractivity contribution is 9.10. The normalized spacial score (nSPS) is 12.4. The second-order valence-corrected chi connectivity index (χ2v) is 5.79. The lowest BCUT2D eigenvalue weighted by Crippen LogP contribution is -2.33. The van der Waals surface area contributed by atoms with Gasteiger partial charge in [-0.15, -0.1) is 0 Å². The van der Waals surface area contributed by atoms with Gasteiger partial charge >= 0.3 is 0 Å². The van der Waals surface area contributed by atoms with E-state index in [1.54, 1.807) is 6.26 Å². The largest absolute Gasteiger partial charge is 0.467 e. The van der Waals surface area contributed by atoms with Gasteiger partial charge in [0.05, 0.1) is 17.3 Å². The molecule has 15 heavy (non-hydrogen) atoms. The summed E-state index contributed by atoms with van der Waals surface area (Å²) >= 11 is 3.44. The first kappa shape index (κ1) is 12.8. The van der Waals surface area contributed by atoms with Crippen molar-refractivity contribution in [2.24, 2.45) is 11.3 Å². The molecule has 0 aliphatic rings. The highest BCUT2D eigenvalue weighted by atomic mass is 79.9. The number of furan rings is 1. The molecule has 86 valence electrons. The lowest BCUT2D eigenvalue weighted by atomic mass is 9.81. The maximum atomic E-state index is 5.33. The van der Waals surface area contributed by atoms with Crippen molar-refractivity contribution in [2.45, 2.75) is 34.2 Å². The predicted molar refractivity (Wildman–Crippen MR) is 66.7 cm³/mol. The van der Waals surface area contributed by atoms with E-state index >= 15 is 0 Å². The first-order valence-electron chi connectivity index (χ1n) is 5.36. The smallest absolute Gasteiger partial charge is 0.131 e. The Kier molecular flexibility index (Phi) is 4.41. The van der Waals surface area contributed by atoms with Gasteiger partial charge in [-0.3, -0.25) is 0 Å². The number of halogens is 1. The fourth-order valence-corrected chi connectivity index (χ4v) is 1.50. The summed E-state index contributed by atoms with van der Waals surface area (Å²) in [4.78, 5) is 0. The summed E-state index contributed by atoms with van der Waals surface area (Å²) in [5.41, 5.74) is 0.319. The Morgan fingerprint density at radius 2 is 2.13 bits per heavy atom. The molecule has 0 radical (unpaired) electrons. The molecular formula is C12H20BrNO. The Morgan fingerprint density at radius 1 is 1.47 bits per heavy atom. The summed E-state index contributed by atoms with van der Waals surface area (Å²) in [6.07, 6.45) is 1.70. The second-order valence-electron chi connectivity index (χ2n) is 4.94. The van der Waals surface area contributed by atoms with E-state index in [9.17, 15) is 0 Å².